The van der Waals surface area contributed by atoms with Crippen molar-refractivity contribution < 1.29 is 33.2 Å². The van der Waals surface area contributed by atoms with Gasteiger partial charge in [0.15, 0.2) is 5.82 Å². The number of aliphatic imine (C=N–C) groups is 1. The topological polar surface area (TPSA) is 154 Å². The van der Waals surface area contributed by atoms with E-state index in [1.165, 1.54) is 0 Å². The summed E-state index contributed by atoms with van der Waals surface area (Å²) in [5.41, 5.74) is 8.60. The van der Waals surface area contributed by atoms with Gasteiger partial charge in [-0.3, -0.25) is 14.4 Å². The number of hydrogen-bond donors (Lipinski definition) is 2. The van der Waals surface area contributed by atoms with Crippen molar-refractivity contribution in [1.29, 1.82) is 0 Å². The Morgan fingerprint density at radius 3 is 2.04 bits per heavy atom. The molecule has 14 heteroatoms. The number of carbonyl (C=O) groups excluding carboxylic acids is 1. The summed E-state index contributed by atoms with van der Waals surface area (Å²) in [6, 6.07) is 12.7. The van der Waals surface area contributed by atoms with E-state index in [0.29, 0.717) is 114 Å². The Morgan fingerprint density at radius 1 is 0.851 bits per heavy atom. The van der Waals surface area contributed by atoms with E-state index in [9.17, 15) is 4.79 Å². The summed E-state index contributed by atoms with van der Waals surface area (Å²) < 4.78 is 35.4. The predicted octanol–water partition coefficient (Wildman–Crippen LogP) is 3.07. The first-order chi connectivity index (χ1) is 23.0. The van der Waals surface area contributed by atoms with Crippen LogP contribution in [0.2, 0.25) is 5.02 Å². The second-order valence-electron chi connectivity index (χ2n) is 10.5. The lowest BCUT2D eigenvalue weighted by atomic mass is 10.00. The Labute approximate surface area is 280 Å². The first kappa shape index (κ1) is 36.4. The Morgan fingerprint density at radius 2 is 1.45 bits per heavy atom. The number of fused-ring (bicyclic) bond motifs is 3. The molecule has 4 rings (SSSR count). The van der Waals surface area contributed by atoms with Crippen LogP contribution in [0, 0.1) is 6.92 Å². The number of halogens is 1. The summed E-state index contributed by atoms with van der Waals surface area (Å²) in [5.74, 6) is 1.84. The average molecular weight is 673 g/mol. The zero-order valence-electron chi connectivity index (χ0n) is 27.1. The molecule has 0 bridgehead atoms. The number of amides is 1. The highest BCUT2D eigenvalue weighted by molar-refractivity contribution is 6.30. The van der Waals surface area contributed by atoms with Gasteiger partial charge >= 0.3 is 0 Å². The molecule has 0 unspecified atom stereocenters. The van der Waals surface area contributed by atoms with Gasteiger partial charge in [0.05, 0.1) is 83.9 Å². The van der Waals surface area contributed by atoms with Gasteiger partial charge in [0.1, 0.15) is 24.2 Å². The lowest BCUT2D eigenvalue weighted by Gasteiger charge is -2.15. The highest BCUT2D eigenvalue weighted by Crippen LogP contribution is 2.34. The van der Waals surface area contributed by atoms with Gasteiger partial charge in [-0.2, -0.15) is 0 Å². The molecule has 1 aliphatic heterocycles. The van der Waals surface area contributed by atoms with Gasteiger partial charge in [0.25, 0.3) is 0 Å². The van der Waals surface area contributed by atoms with Crippen LogP contribution in [0.3, 0.4) is 0 Å². The maximum Gasteiger partial charge on any atom is 0.222 e. The molecule has 0 radical (unpaired) electrons. The van der Waals surface area contributed by atoms with Gasteiger partial charge in [-0.25, -0.2) is 0 Å². The molecule has 1 amide bonds. The van der Waals surface area contributed by atoms with Crippen LogP contribution >= 0.6 is 11.6 Å². The average Bonchev–Trinajstić information content (AvgIpc) is 3.39. The smallest absolute Gasteiger partial charge is 0.222 e. The van der Waals surface area contributed by atoms with Crippen molar-refractivity contribution in [1.82, 2.24) is 20.1 Å². The summed E-state index contributed by atoms with van der Waals surface area (Å²) in [4.78, 5) is 17.8. The van der Waals surface area contributed by atoms with Crippen LogP contribution in [-0.4, -0.2) is 112 Å². The standard InChI is InChI=1S/C33H45ClN6O7/c1-3-36-31(41)23-29-33-39-38-24(2)40(33)30-9-8-27(22-28(30)32(37-29)25-4-6-26(34)7-5-25)47-21-20-46-19-18-45-17-16-44-15-14-43-13-12-42-11-10-35/h4-9,22,29H,3,10-21,23,35H2,1-2H3,(H,36,41)/t29-/m0/s1. The van der Waals surface area contributed by atoms with E-state index in [4.69, 9.17) is 50.7 Å². The first-order valence-corrected chi connectivity index (χ1v) is 16.3. The summed E-state index contributed by atoms with van der Waals surface area (Å²) in [6.45, 7) is 10.0. The highest BCUT2D eigenvalue weighted by Gasteiger charge is 2.30. The number of nitrogens with two attached hydrogens (primary N) is 1. The predicted molar refractivity (Wildman–Crippen MR) is 178 cm³/mol. The molecule has 3 N–H and O–H groups in total. The summed E-state index contributed by atoms with van der Waals surface area (Å²) in [6.07, 6.45) is 0.135. The van der Waals surface area contributed by atoms with E-state index >= 15 is 0 Å². The molecule has 13 nitrogen and oxygen atoms in total. The van der Waals surface area contributed by atoms with E-state index in [0.717, 1.165) is 16.8 Å². The third kappa shape index (κ3) is 11.4. The van der Waals surface area contributed by atoms with Crippen molar-refractivity contribution >= 4 is 23.2 Å². The summed E-state index contributed by atoms with van der Waals surface area (Å²) in [7, 11) is 0. The van der Waals surface area contributed by atoms with Crippen LogP contribution < -0.4 is 15.8 Å². The fourth-order valence-corrected chi connectivity index (χ4v) is 4.99. The van der Waals surface area contributed by atoms with Gasteiger partial charge in [0.2, 0.25) is 5.91 Å². The molecular formula is C33H45ClN6O7. The highest BCUT2D eigenvalue weighted by atomic mass is 35.5. The van der Waals surface area contributed by atoms with E-state index in [1.54, 1.807) is 0 Å². The number of aromatic nitrogens is 3. The molecule has 0 saturated carbocycles. The molecule has 1 aliphatic rings. The molecule has 0 fully saturated rings. The SMILES string of the molecule is CCNC(=O)C[C@@H]1N=C(c2ccc(Cl)cc2)c2cc(OCCOCCOCCOCCOCCOCCN)ccc2-n2c(C)nnc21. The number of nitrogens with one attached hydrogen (secondary N) is 1. The van der Waals surface area contributed by atoms with Crippen molar-refractivity contribution in [2.24, 2.45) is 10.7 Å². The molecule has 0 saturated heterocycles. The summed E-state index contributed by atoms with van der Waals surface area (Å²) in [5, 5.41) is 12.2. The third-order valence-corrected chi connectivity index (χ3v) is 7.27. The number of benzene rings is 2. The molecule has 2 aromatic carbocycles. The monoisotopic (exact) mass is 672 g/mol. The molecule has 1 atom stereocenters. The molecule has 1 aromatic heterocycles. The number of hydrogen-bond acceptors (Lipinski definition) is 11. The lowest BCUT2D eigenvalue weighted by molar-refractivity contribution is -0.121. The van der Waals surface area contributed by atoms with Crippen LogP contribution in [0.15, 0.2) is 47.5 Å². The van der Waals surface area contributed by atoms with E-state index in [1.807, 2.05) is 60.9 Å². The number of carbonyl (C=O) groups is 1. The first-order valence-electron chi connectivity index (χ1n) is 15.9. The quantitative estimate of drug-likeness (QED) is 0.152. The molecule has 0 spiro atoms. The molecule has 3 aromatic rings. The van der Waals surface area contributed by atoms with Crippen molar-refractivity contribution in [2.45, 2.75) is 26.3 Å². The lowest BCUT2D eigenvalue weighted by Crippen LogP contribution is -2.25. The zero-order chi connectivity index (χ0) is 33.3. The van der Waals surface area contributed by atoms with Crippen LogP contribution in [0.25, 0.3) is 5.69 Å². The van der Waals surface area contributed by atoms with Crippen LogP contribution in [-0.2, 0) is 28.5 Å². The minimum atomic E-state index is -0.543. The van der Waals surface area contributed by atoms with Crippen LogP contribution in [0.5, 0.6) is 5.75 Å². The Kier molecular flexibility index (Phi) is 15.5. The largest absolute Gasteiger partial charge is 0.491 e. The minimum Gasteiger partial charge on any atom is -0.491 e. The Bertz CT molecular complexity index is 1420. The zero-order valence-corrected chi connectivity index (χ0v) is 27.9. The van der Waals surface area contributed by atoms with Gasteiger partial charge in [-0.15, -0.1) is 10.2 Å². The second-order valence-corrected chi connectivity index (χ2v) is 10.9. The number of rotatable bonds is 22. The van der Waals surface area contributed by atoms with Crippen molar-refractivity contribution in [3.05, 3.63) is 70.3 Å². The second kappa shape index (κ2) is 20.1. The van der Waals surface area contributed by atoms with E-state index in [-0.39, 0.29) is 12.3 Å². The van der Waals surface area contributed by atoms with Gasteiger partial charge < -0.3 is 39.5 Å². The molecular weight excluding hydrogens is 628 g/mol. The molecule has 256 valence electrons. The molecule has 2 heterocycles. The maximum atomic E-state index is 12.7. The number of ether oxygens (including phenoxy) is 6. The third-order valence-electron chi connectivity index (χ3n) is 7.01. The van der Waals surface area contributed by atoms with E-state index < -0.39 is 6.04 Å². The molecule has 0 aliphatic carbocycles. The Balaban J connectivity index is 1.28. The van der Waals surface area contributed by atoms with E-state index in [2.05, 4.69) is 15.5 Å². The van der Waals surface area contributed by atoms with Gasteiger partial charge in [0, 0.05) is 29.2 Å². The van der Waals surface area contributed by atoms with Crippen LogP contribution in [0.1, 0.15) is 42.2 Å². The molecule has 47 heavy (non-hydrogen) atoms. The van der Waals surface area contributed by atoms with Crippen molar-refractivity contribution in [2.75, 3.05) is 85.8 Å². The van der Waals surface area contributed by atoms with Crippen LogP contribution in [0.4, 0.5) is 0 Å². The number of nitrogens with zero attached hydrogens (tertiary/aromatic N) is 4. The summed E-state index contributed by atoms with van der Waals surface area (Å²) >= 11 is 6.21. The fourth-order valence-electron chi connectivity index (χ4n) is 4.87. The maximum absolute atomic E-state index is 12.7. The number of aryl methyl sites for hydroxylation is 1. The van der Waals surface area contributed by atoms with Gasteiger partial charge in [-0.1, -0.05) is 23.7 Å². The van der Waals surface area contributed by atoms with Gasteiger partial charge in [-0.05, 0) is 44.2 Å². The minimum absolute atomic E-state index is 0.111. The normalized spacial score (nSPS) is 13.9. The van der Waals surface area contributed by atoms with Crippen molar-refractivity contribution in [3.63, 3.8) is 0 Å². The fraction of sp³-hybridized carbons (Fsp3) is 0.515. The Hall–Kier alpha value is -3.43. The van der Waals surface area contributed by atoms with Crippen molar-refractivity contribution in [3.8, 4) is 11.4 Å².